The standard InChI is InChI=1S/C14H10N2O2/c17-9-10-1-2-13-12(7-10)8-15-14(16-13)11-3-5-18-6-4-11/h1-5,7-9H,6H2. The fraction of sp³-hybridized carbons (Fsp3) is 0.0714. The van der Waals surface area contributed by atoms with E-state index in [4.69, 9.17) is 4.74 Å². The Kier molecular flexibility index (Phi) is 2.61. The first-order valence-corrected chi connectivity index (χ1v) is 5.57. The van der Waals surface area contributed by atoms with Crippen LogP contribution in [0.4, 0.5) is 0 Å². The van der Waals surface area contributed by atoms with Crippen LogP contribution in [0.5, 0.6) is 0 Å². The van der Waals surface area contributed by atoms with Crippen LogP contribution in [0.25, 0.3) is 16.5 Å². The van der Waals surface area contributed by atoms with E-state index in [9.17, 15) is 4.79 Å². The molecule has 1 aromatic carbocycles. The molecular weight excluding hydrogens is 228 g/mol. The van der Waals surface area contributed by atoms with Gasteiger partial charge in [0.05, 0.1) is 11.8 Å². The van der Waals surface area contributed by atoms with Crippen LogP contribution in [0.15, 0.2) is 42.8 Å². The Morgan fingerprint density at radius 3 is 3.06 bits per heavy atom. The average molecular weight is 238 g/mol. The van der Waals surface area contributed by atoms with E-state index in [1.165, 1.54) is 0 Å². The highest BCUT2D eigenvalue weighted by atomic mass is 16.5. The lowest BCUT2D eigenvalue weighted by Gasteiger charge is -2.07. The number of fused-ring (bicyclic) bond motifs is 1. The van der Waals surface area contributed by atoms with Crippen molar-refractivity contribution in [2.24, 2.45) is 0 Å². The first-order valence-electron chi connectivity index (χ1n) is 5.57. The zero-order valence-corrected chi connectivity index (χ0v) is 9.54. The van der Waals surface area contributed by atoms with E-state index >= 15 is 0 Å². The van der Waals surface area contributed by atoms with E-state index in [2.05, 4.69) is 9.97 Å². The molecular formula is C14H10N2O2. The fourth-order valence-corrected chi connectivity index (χ4v) is 1.81. The molecule has 0 atom stereocenters. The average Bonchev–Trinajstić information content (AvgIpc) is 2.47. The predicted molar refractivity (Wildman–Crippen MR) is 68.0 cm³/mol. The van der Waals surface area contributed by atoms with Gasteiger partial charge in [0.1, 0.15) is 12.9 Å². The van der Waals surface area contributed by atoms with Crippen molar-refractivity contribution >= 4 is 22.8 Å². The number of hydrogen-bond acceptors (Lipinski definition) is 4. The number of hydrogen-bond donors (Lipinski definition) is 0. The summed E-state index contributed by atoms with van der Waals surface area (Å²) in [6, 6.07) is 5.36. The Labute approximate surface area is 104 Å². The van der Waals surface area contributed by atoms with Crippen LogP contribution in [-0.4, -0.2) is 22.9 Å². The topological polar surface area (TPSA) is 52.1 Å². The van der Waals surface area contributed by atoms with Crippen LogP contribution in [0, 0.1) is 0 Å². The van der Waals surface area contributed by atoms with E-state index in [-0.39, 0.29) is 0 Å². The van der Waals surface area contributed by atoms with E-state index in [0.717, 1.165) is 22.8 Å². The predicted octanol–water partition coefficient (Wildman–Crippen LogP) is 2.37. The molecule has 0 spiro atoms. The largest absolute Gasteiger partial charge is 0.497 e. The molecule has 88 valence electrons. The van der Waals surface area contributed by atoms with Gasteiger partial charge in [0.25, 0.3) is 0 Å². The van der Waals surface area contributed by atoms with Gasteiger partial charge < -0.3 is 4.74 Å². The normalized spacial score (nSPS) is 14.1. The fourth-order valence-electron chi connectivity index (χ4n) is 1.81. The monoisotopic (exact) mass is 238 g/mol. The van der Waals surface area contributed by atoms with Gasteiger partial charge in [0.15, 0.2) is 5.82 Å². The molecule has 0 fully saturated rings. The maximum atomic E-state index is 10.7. The highest BCUT2D eigenvalue weighted by Crippen LogP contribution is 2.18. The second-order valence-corrected chi connectivity index (χ2v) is 3.93. The van der Waals surface area contributed by atoms with Gasteiger partial charge >= 0.3 is 0 Å². The summed E-state index contributed by atoms with van der Waals surface area (Å²) in [5.41, 5.74) is 2.40. The smallest absolute Gasteiger partial charge is 0.159 e. The minimum Gasteiger partial charge on any atom is -0.497 e. The van der Waals surface area contributed by atoms with Crippen LogP contribution >= 0.6 is 0 Å². The Balaban J connectivity index is 2.08. The number of allylic oxidation sites excluding steroid dienone is 2. The molecule has 0 aliphatic carbocycles. The number of nitrogens with zero attached hydrogens (tertiary/aromatic N) is 2. The molecule has 0 N–H and O–H groups in total. The summed E-state index contributed by atoms with van der Waals surface area (Å²) < 4.78 is 5.09. The third kappa shape index (κ3) is 1.88. The number of benzene rings is 1. The minimum atomic E-state index is 0.539. The van der Waals surface area contributed by atoms with Crippen molar-refractivity contribution in [2.75, 3.05) is 6.61 Å². The Morgan fingerprint density at radius 2 is 2.28 bits per heavy atom. The number of ether oxygens (including phenoxy) is 1. The summed E-state index contributed by atoms with van der Waals surface area (Å²) in [5.74, 6) is 0.668. The molecule has 4 nitrogen and oxygen atoms in total. The van der Waals surface area contributed by atoms with Crippen molar-refractivity contribution in [2.45, 2.75) is 0 Å². The zero-order chi connectivity index (χ0) is 12.4. The lowest BCUT2D eigenvalue weighted by Crippen LogP contribution is -1.98. The van der Waals surface area contributed by atoms with Crippen LogP contribution in [0.2, 0.25) is 0 Å². The van der Waals surface area contributed by atoms with Crippen LogP contribution in [-0.2, 0) is 4.74 Å². The molecule has 2 aromatic rings. The summed E-state index contributed by atoms with van der Waals surface area (Å²) in [6.07, 6.45) is 7.95. The van der Waals surface area contributed by atoms with Crippen molar-refractivity contribution in [3.05, 3.63) is 54.2 Å². The van der Waals surface area contributed by atoms with Gasteiger partial charge in [-0.3, -0.25) is 4.79 Å². The Bertz CT molecular complexity index is 675. The number of rotatable bonds is 2. The van der Waals surface area contributed by atoms with Crippen LogP contribution in [0.1, 0.15) is 16.2 Å². The molecule has 0 radical (unpaired) electrons. The molecule has 18 heavy (non-hydrogen) atoms. The quantitative estimate of drug-likeness (QED) is 0.754. The second-order valence-electron chi connectivity index (χ2n) is 3.93. The number of aldehydes is 1. The van der Waals surface area contributed by atoms with Gasteiger partial charge in [0.2, 0.25) is 0 Å². The van der Waals surface area contributed by atoms with Crippen molar-refractivity contribution < 1.29 is 9.53 Å². The maximum Gasteiger partial charge on any atom is 0.159 e. The van der Waals surface area contributed by atoms with Gasteiger partial charge in [0, 0.05) is 22.7 Å². The van der Waals surface area contributed by atoms with Crippen molar-refractivity contribution in [1.82, 2.24) is 9.97 Å². The molecule has 4 heteroatoms. The maximum absolute atomic E-state index is 10.7. The Hall–Kier alpha value is -2.49. The molecule has 1 aliphatic heterocycles. The second kappa shape index (κ2) is 4.41. The van der Waals surface area contributed by atoms with Gasteiger partial charge in [-0.05, 0) is 30.4 Å². The van der Waals surface area contributed by atoms with E-state index in [1.54, 1.807) is 24.6 Å². The van der Waals surface area contributed by atoms with Crippen molar-refractivity contribution in [3.63, 3.8) is 0 Å². The molecule has 0 saturated carbocycles. The Morgan fingerprint density at radius 1 is 1.33 bits per heavy atom. The first-order chi connectivity index (χ1) is 8.86. The molecule has 2 heterocycles. The van der Waals surface area contributed by atoms with Gasteiger partial charge in [-0.15, -0.1) is 0 Å². The summed E-state index contributed by atoms with van der Waals surface area (Å²) in [7, 11) is 0. The lowest BCUT2D eigenvalue weighted by molar-refractivity contribution is 0.112. The summed E-state index contributed by atoms with van der Waals surface area (Å²) >= 11 is 0. The third-order valence-electron chi connectivity index (χ3n) is 2.74. The van der Waals surface area contributed by atoms with E-state index in [0.29, 0.717) is 18.0 Å². The van der Waals surface area contributed by atoms with Crippen molar-refractivity contribution in [1.29, 1.82) is 0 Å². The van der Waals surface area contributed by atoms with Gasteiger partial charge in [-0.1, -0.05) is 0 Å². The first kappa shape index (κ1) is 10.7. The zero-order valence-electron chi connectivity index (χ0n) is 9.54. The van der Waals surface area contributed by atoms with E-state index < -0.39 is 0 Å². The lowest BCUT2D eigenvalue weighted by atomic mass is 10.1. The van der Waals surface area contributed by atoms with Crippen LogP contribution < -0.4 is 0 Å². The molecule has 0 saturated heterocycles. The number of carbonyl (C=O) groups excluding carboxylic acids is 1. The molecule has 0 unspecified atom stereocenters. The minimum absolute atomic E-state index is 0.539. The highest BCUT2D eigenvalue weighted by molar-refractivity contribution is 5.87. The molecule has 0 bridgehead atoms. The van der Waals surface area contributed by atoms with E-state index in [1.807, 2.05) is 18.2 Å². The third-order valence-corrected chi connectivity index (χ3v) is 2.74. The molecule has 1 aliphatic rings. The summed E-state index contributed by atoms with van der Waals surface area (Å²) in [5, 5.41) is 0.861. The number of aromatic nitrogens is 2. The molecule has 1 aromatic heterocycles. The van der Waals surface area contributed by atoms with Crippen LogP contribution in [0.3, 0.4) is 0 Å². The van der Waals surface area contributed by atoms with Crippen molar-refractivity contribution in [3.8, 4) is 0 Å². The van der Waals surface area contributed by atoms with Gasteiger partial charge in [-0.25, -0.2) is 9.97 Å². The van der Waals surface area contributed by atoms with Gasteiger partial charge in [-0.2, -0.15) is 0 Å². The highest BCUT2D eigenvalue weighted by Gasteiger charge is 2.06. The molecule has 3 rings (SSSR count). The SMILES string of the molecule is O=Cc1ccc2nc(C3=CCOC=C3)ncc2c1. The summed E-state index contributed by atoms with van der Waals surface area (Å²) in [4.78, 5) is 19.5. The molecule has 0 amide bonds. The number of carbonyl (C=O) groups is 1. The summed E-state index contributed by atoms with van der Waals surface area (Å²) in [6.45, 7) is 0.539.